The summed E-state index contributed by atoms with van der Waals surface area (Å²) in [5.41, 5.74) is 5.37. The first-order chi connectivity index (χ1) is 15.1. The topological polar surface area (TPSA) is 92.1 Å². The summed E-state index contributed by atoms with van der Waals surface area (Å²) in [6, 6.07) is 13.3. The zero-order valence-corrected chi connectivity index (χ0v) is 17.2. The van der Waals surface area contributed by atoms with Gasteiger partial charge in [-0.25, -0.2) is 15.0 Å². The molecule has 8 nitrogen and oxygen atoms in total. The number of amides is 1. The van der Waals surface area contributed by atoms with Crippen LogP contribution in [0.5, 0.6) is 0 Å². The first-order valence-corrected chi connectivity index (χ1v) is 9.81. The number of rotatable bonds is 4. The molecule has 0 bridgehead atoms. The number of fused-ring (bicyclic) bond motifs is 1. The van der Waals surface area contributed by atoms with Gasteiger partial charge in [-0.3, -0.25) is 14.3 Å². The monoisotopic (exact) mass is 429 g/mol. The number of hydrogen-bond acceptors (Lipinski definition) is 5. The molecular weight excluding hydrogens is 414 g/mol. The van der Waals surface area contributed by atoms with Crippen molar-refractivity contribution in [2.45, 2.75) is 0 Å². The van der Waals surface area contributed by atoms with E-state index in [-0.39, 0.29) is 5.91 Å². The third-order valence-electron chi connectivity index (χ3n) is 5.01. The standard InChI is InChI=1S/C22H16ClN7O/c1-29(16-6-7-20(23)25-10-16)22(31)18-13-30-19(11-26-21(30)12-24-18)15-4-2-14(3-5-15)17-8-9-27-28-17/h2-13H,1H3,(H,27,28). The summed E-state index contributed by atoms with van der Waals surface area (Å²) in [7, 11) is 1.67. The van der Waals surface area contributed by atoms with Gasteiger partial charge in [0.25, 0.3) is 5.91 Å². The molecule has 31 heavy (non-hydrogen) atoms. The van der Waals surface area contributed by atoms with Gasteiger partial charge in [0.2, 0.25) is 0 Å². The quantitative estimate of drug-likeness (QED) is 0.434. The molecule has 0 aliphatic heterocycles. The van der Waals surface area contributed by atoms with Crippen LogP contribution >= 0.6 is 11.6 Å². The number of carbonyl (C=O) groups excluding carboxylic acids is 1. The molecule has 0 unspecified atom stereocenters. The number of pyridine rings is 1. The Kier molecular flexibility index (Phi) is 4.68. The number of imidazole rings is 1. The Balaban J connectivity index is 1.48. The minimum absolute atomic E-state index is 0.264. The molecule has 4 heterocycles. The van der Waals surface area contributed by atoms with Gasteiger partial charge in [0, 0.05) is 25.0 Å². The summed E-state index contributed by atoms with van der Waals surface area (Å²) < 4.78 is 1.86. The molecule has 4 aromatic heterocycles. The molecule has 1 aromatic carbocycles. The molecule has 0 spiro atoms. The normalized spacial score (nSPS) is 11.0. The molecule has 0 radical (unpaired) electrons. The predicted octanol–water partition coefficient (Wildman–Crippen LogP) is 4.11. The van der Waals surface area contributed by atoms with Gasteiger partial charge in [-0.1, -0.05) is 35.9 Å². The van der Waals surface area contributed by atoms with Crippen LogP contribution in [0, 0.1) is 0 Å². The number of halogens is 1. The highest BCUT2D eigenvalue weighted by Gasteiger charge is 2.17. The van der Waals surface area contributed by atoms with Crippen LogP contribution in [-0.4, -0.2) is 42.5 Å². The van der Waals surface area contributed by atoms with E-state index in [1.807, 2.05) is 34.7 Å². The third kappa shape index (κ3) is 3.53. The minimum atomic E-state index is -0.264. The fourth-order valence-electron chi connectivity index (χ4n) is 3.31. The zero-order valence-electron chi connectivity index (χ0n) is 16.4. The molecule has 152 valence electrons. The van der Waals surface area contributed by atoms with Crippen LogP contribution in [0.15, 0.2) is 73.4 Å². The zero-order chi connectivity index (χ0) is 21.4. The highest BCUT2D eigenvalue weighted by Crippen LogP contribution is 2.25. The number of nitrogens with zero attached hydrogens (tertiary/aromatic N) is 6. The molecule has 0 atom stereocenters. The molecule has 0 saturated heterocycles. The van der Waals surface area contributed by atoms with Crippen LogP contribution in [0.25, 0.3) is 28.2 Å². The minimum Gasteiger partial charge on any atom is -0.309 e. The summed E-state index contributed by atoms with van der Waals surface area (Å²) in [6.07, 6.45) is 8.31. The van der Waals surface area contributed by atoms with Crippen LogP contribution < -0.4 is 4.90 Å². The predicted molar refractivity (Wildman–Crippen MR) is 118 cm³/mol. The lowest BCUT2D eigenvalue weighted by Gasteiger charge is -2.16. The van der Waals surface area contributed by atoms with Crippen molar-refractivity contribution < 1.29 is 4.79 Å². The van der Waals surface area contributed by atoms with Crippen LogP contribution in [0.2, 0.25) is 5.15 Å². The van der Waals surface area contributed by atoms with Crippen LogP contribution in [0.4, 0.5) is 5.69 Å². The van der Waals surface area contributed by atoms with E-state index in [4.69, 9.17) is 11.6 Å². The van der Waals surface area contributed by atoms with Crippen molar-refractivity contribution in [3.05, 3.63) is 84.3 Å². The summed E-state index contributed by atoms with van der Waals surface area (Å²) in [5, 5.41) is 7.31. The molecule has 1 amide bonds. The van der Waals surface area contributed by atoms with Gasteiger partial charge in [0.1, 0.15) is 10.8 Å². The number of anilines is 1. The number of hydrogen-bond donors (Lipinski definition) is 1. The number of nitrogens with one attached hydrogen (secondary N) is 1. The van der Waals surface area contributed by atoms with Gasteiger partial charge in [-0.2, -0.15) is 5.10 Å². The van der Waals surface area contributed by atoms with Crippen molar-refractivity contribution in [2.75, 3.05) is 11.9 Å². The molecule has 5 aromatic rings. The molecule has 5 rings (SSSR count). The van der Waals surface area contributed by atoms with Gasteiger partial charge in [-0.05, 0) is 23.8 Å². The third-order valence-corrected chi connectivity index (χ3v) is 5.23. The molecule has 1 N–H and O–H groups in total. The van der Waals surface area contributed by atoms with Crippen LogP contribution in [0.3, 0.4) is 0 Å². The maximum Gasteiger partial charge on any atom is 0.278 e. The lowest BCUT2D eigenvalue weighted by atomic mass is 10.1. The number of carbonyl (C=O) groups is 1. The summed E-state index contributed by atoms with van der Waals surface area (Å²) in [6.45, 7) is 0. The lowest BCUT2D eigenvalue weighted by Crippen LogP contribution is -2.27. The molecule has 0 aliphatic rings. The molecule has 0 aliphatic carbocycles. The summed E-state index contributed by atoms with van der Waals surface area (Å²) in [4.78, 5) is 27.2. The Morgan fingerprint density at radius 3 is 2.48 bits per heavy atom. The van der Waals surface area contributed by atoms with E-state index >= 15 is 0 Å². The van der Waals surface area contributed by atoms with E-state index < -0.39 is 0 Å². The van der Waals surface area contributed by atoms with Crippen molar-refractivity contribution in [2.24, 2.45) is 0 Å². The largest absolute Gasteiger partial charge is 0.309 e. The Morgan fingerprint density at radius 2 is 1.77 bits per heavy atom. The molecular formula is C22H16ClN7O. The Hall–Kier alpha value is -4.04. The fourth-order valence-corrected chi connectivity index (χ4v) is 3.42. The Morgan fingerprint density at radius 1 is 0.968 bits per heavy atom. The van der Waals surface area contributed by atoms with Crippen LogP contribution in [-0.2, 0) is 0 Å². The van der Waals surface area contributed by atoms with Crippen molar-refractivity contribution in [3.8, 4) is 22.5 Å². The second-order valence-corrected chi connectivity index (χ2v) is 7.28. The van der Waals surface area contributed by atoms with Gasteiger partial charge < -0.3 is 4.90 Å². The maximum absolute atomic E-state index is 13.0. The number of H-pyrrole nitrogens is 1. The number of benzene rings is 1. The van der Waals surface area contributed by atoms with E-state index in [9.17, 15) is 4.79 Å². The second-order valence-electron chi connectivity index (χ2n) is 6.90. The summed E-state index contributed by atoms with van der Waals surface area (Å²) >= 11 is 5.84. The lowest BCUT2D eigenvalue weighted by molar-refractivity contribution is 0.0987. The summed E-state index contributed by atoms with van der Waals surface area (Å²) in [5.74, 6) is -0.264. The maximum atomic E-state index is 13.0. The molecule has 9 heteroatoms. The van der Waals surface area contributed by atoms with Gasteiger partial charge in [0.15, 0.2) is 5.65 Å². The van der Waals surface area contributed by atoms with Gasteiger partial charge in [-0.15, -0.1) is 0 Å². The number of aromatic amines is 1. The molecule has 0 saturated carbocycles. The highest BCUT2D eigenvalue weighted by molar-refractivity contribution is 6.29. The average Bonchev–Trinajstić information content (AvgIpc) is 3.49. The van der Waals surface area contributed by atoms with Gasteiger partial charge in [0.05, 0.1) is 35.7 Å². The van der Waals surface area contributed by atoms with E-state index in [1.165, 1.54) is 4.90 Å². The van der Waals surface area contributed by atoms with Gasteiger partial charge >= 0.3 is 0 Å². The van der Waals surface area contributed by atoms with E-state index in [0.29, 0.717) is 22.2 Å². The van der Waals surface area contributed by atoms with Crippen molar-refractivity contribution >= 4 is 28.8 Å². The molecule has 0 fully saturated rings. The second kappa shape index (κ2) is 7.66. The Labute approximate surface area is 182 Å². The van der Waals surface area contributed by atoms with E-state index in [1.54, 1.807) is 50.2 Å². The first-order valence-electron chi connectivity index (χ1n) is 9.43. The van der Waals surface area contributed by atoms with Crippen molar-refractivity contribution in [3.63, 3.8) is 0 Å². The van der Waals surface area contributed by atoms with Crippen molar-refractivity contribution in [1.29, 1.82) is 0 Å². The van der Waals surface area contributed by atoms with Crippen molar-refractivity contribution in [1.82, 2.24) is 29.5 Å². The highest BCUT2D eigenvalue weighted by atomic mass is 35.5. The van der Waals surface area contributed by atoms with Crippen LogP contribution in [0.1, 0.15) is 10.5 Å². The average molecular weight is 430 g/mol. The smallest absolute Gasteiger partial charge is 0.278 e. The van der Waals surface area contributed by atoms with E-state index in [2.05, 4.69) is 25.1 Å². The fraction of sp³-hybridized carbons (Fsp3) is 0.0455. The first kappa shape index (κ1) is 19.0. The van der Waals surface area contributed by atoms with E-state index in [0.717, 1.165) is 22.5 Å². The SMILES string of the molecule is CN(C(=O)c1cn2c(-c3ccc(-c4ccn[nH]4)cc3)cnc2cn1)c1ccc(Cl)nc1. The Bertz CT molecular complexity index is 1360. The number of aromatic nitrogens is 6.